The van der Waals surface area contributed by atoms with Crippen molar-refractivity contribution < 1.29 is 19.2 Å². The number of nitrogens with zero attached hydrogens (tertiary/aromatic N) is 1. The van der Waals surface area contributed by atoms with Crippen molar-refractivity contribution in [3.8, 4) is 0 Å². The summed E-state index contributed by atoms with van der Waals surface area (Å²) >= 11 is 5.90. The Hall–Kier alpha value is -2.15. The van der Waals surface area contributed by atoms with Crippen molar-refractivity contribution in [2.75, 3.05) is 13.2 Å². The number of carbonyl (C=O) groups is 2. The van der Waals surface area contributed by atoms with Crippen molar-refractivity contribution in [3.05, 3.63) is 38.9 Å². The summed E-state index contributed by atoms with van der Waals surface area (Å²) in [6, 6.07) is 3.65. The van der Waals surface area contributed by atoms with Crippen LogP contribution in [0.1, 0.15) is 36.0 Å². The first-order valence-electron chi connectivity index (χ1n) is 8.34. The zero-order valence-electron chi connectivity index (χ0n) is 13.6. The largest absolute Gasteiger partial charge is 0.464 e. The van der Waals surface area contributed by atoms with Crippen LogP contribution >= 0.6 is 11.6 Å². The fraction of sp³-hybridized carbons (Fsp3) is 0.529. The van der Waals surface area contributed by atoms with Crippen LogP contribution in [0.2, 0.25) is 5.02 Å². The van der Waals surface area contributed by atoms with Crippen LogP contribution in [-0.4, -0.2) is 30.0 Å². The van der Waals surface area contributed by atoms with Crippen molar-refractivity contribution in [1.29, 1.82) is 0 Å². The van der Waals surface area contributed by atoms with Gasteiger partial charge in [-0.05, 0) is 37.2 Å². The molecular weight excluding hydrogens is 348 g/mol. The maximum atomic E-state index is 12.1. The Morgan fingerprint density at radius 1 is 1.32 bits per heavy atom. The molecule has 2 aliphatic rings. The van der Waals surface area contributed by atoms with E-state index in [0.717, 1.165) is 25.3 Å². The first-order valence-corrected chi connectivity index (χ1v) is 8.72. The van der Waals surface area contributed by atoms with Gasteiger partial charge in [0, 0.05) is 12.1 Å². The van der Waals surface area contributed by atoms with Gasteiger partial charge in [-0.15, -0.1) is 0 Å². The molecular formula is C17H19ClN2O5. The van der Waals surface area contributed by atoms with E-state index in [1.54, 1.807) is 0 Å². The third kappa shape index (κ3) is 3.92. The molecule has 1 amide bonds. The number of carbonyl (C=O) groups excluding carboxylic acids is 2. The van der Waals surface area contributed by atoms with Gasteiger partial charge < -0.3 is 10.1 Å². The number of non-ortho nitro benzene ring substituents is 1. The fourth-order valence-electron chi connectivity index (χ4n) is 3.85. The number of nitro benzene ring substituents is 1. The van der Waals surface area contributed by atoms with E-state index in [1.807, 2.05) is 0 Å². The molecule has 2 bridgehead atoms. The average Bonchev–Trinajstić information content (AvgIpc) is 3.21. The predicted molar refractivity (Wildman–Crippen MR) is 90.3 cm³/mol. The summed E-state index contributed by atoms with van der Waals surface area (Å²) in [6.07, 6.45) is 4.39. The Morgan fingerprint density at radius 3 is 2.72 bits per heavy atom. The van der Waals surface area contributed by atoms with Crippen LogP contribution in [0.25, 0.3) is 0 Å². The van der Waals surface area contributed by atoms with Crippen molar-refractivity contribution >= 4 is 29.2 Å². The highest BCUT2D eigenvalue weighted by Gasteiger charge is 2.43. The number of halogens is 1. The molecule has 2 aliphatic carbocycles. The topological polar surface area (TPSA) is 98.5 Å². The summed E-state index contributed by atoms with van der Waals surface area (Å²) < 4.78 is 5.27. The molecule has 0 aromatic heterocycles. The van der Waals surface area contributed by atoms with Gasteiger partial charge in [0.05, 0.1) is 28.0 Å². The van der Waals surface area contributed by atoms with Crippen LogP contribution in [0, 0.1) is 27.9 Å². The van der Waals surface area contributed by atoms with E-state index in [-0.39, 0.29) is 41.3 Å². The molecule has 7 nitrogen and oxygen atoms in total. The monoisotopic (exact) mass is 366 g/mol. The molecule has 1 aromatic rings. The number of hydrogen-bond acceptors (Lipinski definition) is 5. The Bertz CT molecular complexity index is 708. The minimum atomic E-state index is -0.581. The second-order valence-corrected chi connectivity index (χ2v) is 7.03. The summed E-state index contributed by atoms with van der Waals surface area (Å²) in [5.41, 5.74) is -0.0342. The van der Waals surface area contributed by atoms with E-state index >= 15 is 0 Å². The van der Waals surface area contributed by atoms with Crippen LogP contribution < -0.4 is 5.32 Å². The third-order valence-corrected chi connectivity index (χ3v) is 5.39. The second-order valence-electron chi connectivity index (χ2n) is 6.63. The number of ether oxygens (including phenoxy) is 1. The van der Waals surface area contributed by atoms with E-state index in [4.69, 9.17) is 16.3 Å². The maximum Gasteiger partial charge on any atom is 0.309 e. The molecule has 0 unspecified atom stereocenters. The number of benzene rings is 1. The fourth-order valence-corrected chi connectivity index (χ4v) is 4.11. The molecule has 1 N–H and O–H groups in total. The van der Waals surface area contributed by atoms with Crippen LogP contribution in [-0.2, 0) is 9.53 Å². The number of esters is 1. The normalized spacial score (nSPS) is 24.1. The molecule has 8 heteroatoms. The van der Waals surface area contributed by atoms with Crippen LogP contribution in [0.3, 0.4) is 0 Å². The van der Waals surface area contributed by atoms with Crippen molar-refractivity contribution in [1.82, 2.24) is 5.32 Å². The smallest absolute Gasteiger partial charge is 0.309 e. The molecule has 134 valence electrons. The third-order valence-electron chi connectivity index (χ3n) is 5.08. The van der Waals surface area contributed by atoms with Gasteiger partial charge in [0.2, 0.25) is 0 Å². The Morgan fingerprint density at radius 2 is 2.12 bits per heavy atom. The molecule has 0 heterocycles. The highest BCUT2D eigenvalue weighted by molar-refractivity contribution is 6.34. The highest BCUT2D eigenvalue weighted by atomic mass is 35.5. The quantitative estimate of drug-likeness (QED) is 0.361. The van der Waals surface area contributed by atoms with Gasteiger partial charge in [-0.1, -0.05) is 18.0 Å². The summed E-state index contributed by atoms with van der Waals surface area (Å²) in [4.78, 5) is 34.2. The Balaban J connectivity index is 1.43. The summed E-state index contributed by atoms with van der Waals surface area (Å²) in [7, 11) is 0. The molecule has 3 rings (SSSR count). The lowest BCUT2D eigenvalue weighted by molar-refractivity contribution is -0.384. The van der Waals surface area contributed by atoms with Crippen molar-refractivity contribution in [2.24, 2.45) is 17.8 Å². The average molecular weight is 367 g/mol. The highest BCUT2D eigenvalue weighted by Crippen LogP contribution is 2.48. The lowest BCUT2D eigenvalue weighted by Crippen LogP contribution is -2.30. The van der Waals surface area contributed by atoms with E-state index < -0.39 is 10.8 Å². The molecule has 0 aliphatic heterocycles. The first kappa shape index (κ1) is 17.7. The van der Waals surface area contributed by atoms with E-state index in [1.165, 1.54) is 18.6 Å². The molecule has 2 saturated carbocycles. The molecule has 1 aromatic carbocycles. The van der Waals surface area contributed by atoms with Gasteiger partial charge in [0.25, 0.3) is 11.6 Å². The van der Waals surface area contributed by atoms with Crippen LogP contribution in [0.15, 0.2) is 18.2 Å². The number of rotatable bonds is 6. The molecule has 3 atom stereocenters. The molecule has 2 fully saturated rings. The number of hydrogen-bond donors (Lipinski definition) is 1. The zero-order valence-corrected chi connectivity index (χ0v) is 14.3. The van der Waals surface area contributed by atoms with Gasteiger partial charge in [-0.3, -0.25) is 19.7 Å². The minimum absolute atomic E-state index is 0.00526. The predicted octanol–water partition coefficient (Wildman–Crippen LogP) is 2.96. The van der Waals surface area contributed by atoms with Crippen molar-refractivity contribution in [2.45, 2.75) is 25.7 Å². The van der Waals surface area contributed by atoms with Crippen LogP contribution in [0.4, 0.5) is 5.69 Å². The van der Waals surface area contributed by atoms with E-state index in [9.17, 15) is 19.7 Å². The summed E-state index contributed by atoms with van der Waals surface area (Å²) in [5, 5.41) is 13.3. The summed E-state index contributed by atoms with van der Waals surface area (Å²) in [5.74, 6) is 0.516. The number of nitro groups is 1. The SMILES string of the molecule is O=C(NCCOC(=O)[C@@H]1C[C@H]2CC[C@H]1C2)c1ccc([N+](=O)[O-])cc1Cl. The summed E-state index contributed by atoms with van der Waals surface area (Å²) in [6.45, 7) is 0.266. The van der Waals surface area contributed by atoms with Gasteiger partial charge in [0.1, 0.15) is 6.61 Å². The second kappa shape index (κ2) is 7.39. The van der Waals surface area contributed by atoms with E-state index in [0.29, 0.717) is 11.8 Å². The molecule has 25 heavy (non-hydrogen) atoms. The number of nitrogens with one attached hydrogen (secondary N) is 1. The van der Waals surface area contributed by atoms with Gasteiger partial charge in [-0.25, -0.2) is 0 Å². The van der Waals surface area contributed by atoms with Gasteiger partial charge in [0.15, 0.2) is 0 Å². The maximum absolute atomic E-state index is 12.1. The zero-order chi connectivity index (χ0) is 18.0. The van der Waals surface area contributed by atoms with Gasteiger partial charge in [-0.2, -0.15) is 0 Å². The lowest BCUT2D eigenvalue weighted by Gasteiger charge is -2.19. The van der Waals surface area contributed by atoms with Crippen molar-refractivity contribution in [3.63, 3.8) is 0 Å². The lowest BCUT2D eigenvalue weighted by atomic mass is 9.89. The van der Waals surface area contributed by atoms with E-state index in [2.05, 4.69) is 5.32 Å². The Kier molecular flexibility index (Phi) is 5.22. The molecule has 0 saturated heterocycles. The Labute approximate surface area is 149 Å². The van der Waals surface area contributed by atoms with Crippen LogP contribution in [0.5, 0.6) is 0 Å². The minimum Gasteiger partial charge on any atom is -0.464 e. The van der Waals surface area contributed by atoms with Gasteiger partial charge >= 0.3 is 5.97 Å². The molecule has 0 spiro atoms. The first-order chi connectivity index (χ1) is 12.0. The number of amides is 1. The number of fused-ring (bicyclic) bond motifs is 2. The molecule has 0 radical (unpaired) electrons. The standard InChI is InChI=1S/C17H19ClN2O5/c18-15-9-12(20(23)24)3-4-13(15)16(21)19-5-6-25-17(22)14-8-10-1-2-11(14)7-10/h3-4,9-11,14H,1-2,5-8H2,(H,19,21)/t10-,11-,14+/m0/s1.